The molecule has 0 fully saturated rings. The average molecular weight is 223 g/mol. The third-order valence-electron chi connectivity index (χ3n) is 1.87. The summed E-state index contributed by atoms with van der Waals surface area (Å²) in [5.74, 6) is 0. The van der Waals surface area contributed by atoms with Crippen LogP contribution in [0.3, 0.4) is 0 Å². The predicted molar refractivity (Wildman–Crippen MR) is 46.9 cm³/mol. The normalized spacial score (nSPS) is 12.1. The Balaban J connectivity index is 2.32. The van der Waals surface area contributed by atoms with Gasteiger partial charge >= 0.3 is 6.18 Å². The van der Waals surface area contributed by atoms with Gasteiger partial charge in [0.05, 0.1) is 5.69 Å². The fourth-order valence-electron chi connectivity index (χ4n) is 1.09. The second-order valence-electron chi connectivity index (χ2n) is 3.14. The number of nitrogens with one attached hydrogen (secondary N) is 2. The minimum Gasteiger partial charge on any atom is -0.292 e. The average Bonchev–Trinajstić information content (AvgIpc) is 2.40. The molecule has 7 heteroatoms. The Kier molecular flexibility index (Phi) is 3.70. The highest BCUT2D eigenvalue weighted by Gasteiger charge is 2.27. The van der Waals surface area contributed by atoms with Crippen LogP contribution in [0, 0.1) is 13.8 Å². The number of rotatable bonds is 4. The van der Waals surface area contributed by atoms with E-state index >= 15 is 0 Å². The number of hydrogen-bond acceptors (Lipinski definition) is 3. The van der Waals surface area contributed by atoms with Gasteiger partial charge in [-0.3, -0.25) is 9.94 Å². The number of H-pyrrole nitrogens is 1. The van der Waals surface area contributed by atoms with Crippen LogP contribution in [0.25, 0.3) is 0 Å². The van der Waals surface area contributed by atoms with Gasteiger partial charge in [0.25, 0.3) is 0 Å². The number of aryl methyl sites for hydroxylation is 2. The Bertz CT molecular complexity index is 302. The molecule has 86 valence electrons. The minimum absolute atomic E-state index is 0.199. The first-order valence-electron chi connectivity index (χ1n) is 4.32. The summed E-state index contributed by atoms with van der Waals surface area (Å²) in [4.78, 5) is 4.26. The molecular weight excluding hydrogens is 211 g/mol. The van der Waals surface area contributed by atoms with E-state index in [9.17, 15) is 13.2 Å². The first-order chi connectivity index (χ1) is 6.90. The summed E-state index contributed by atoms with van der Waals surface area (Å²) in [6, 6.07) is 0. The fourth-order valence-corrected chi connectivity index (χ4v) is 1.09. The quantitative estimate of drug-likeness (QED) is 0.602. The van der Waals surface area contributed by atoms with E-state index in [1.807, 2.05) is 0 Å². The van der Waals surface area contributed by atoms with Crippen molar-refractivity contribution in [2.45, 2.75) is 26.6 Å². The molecule has 1 aromatic heterocycles. The highest BCUT2D eigenvalue weighted by Crippen LogP contribution is 2.14. The topological polar surface area (TPSA) is 49.9 Å². The lowest BCUT2D eigenvalue weighted by Gasteiger charge is -2.08. The molecule has 0 unspecified atom stereocenters. The fraction of sp³-hybridized carbons (Fsp3) is 0.625. The summed E-state index contributed by atoms with van der Waals surface area (Å²) < 4.78 is 35.1. The molecule has 0 aliphatic carbocycles. The number of alkyl halides is 3. The molecule has 0 amide bonds. The van der Waals surface area contributed by atoms with Crippen LogP contribution in [-0.4, -0.2) is 23.0 Å². The summed E-state index contributed by atoms with van der Waals surface area (Å²) in [6.07, 6.45) is -4.31. The zero-order valence-corrected chi connectivity index (χ0v) is 8.40. The maximum Gasteiger partial charge on any atom is 0.413 e. The van der Waals surface area contributed by atoms with Crippen LogP contribution in [-0.2, 0) is 11.4 Å². The summed E-state index contributed by atoms with van der Waals surface area (Å²) in [7, 11) is 0. The van der Waals surface area contributed by atoms with Crippen molar-refractivity contribution in [3.63, 3.8) is 0 Å². The Morgan fingerprint density at radius 3 is 2.53 bits per heavy atom. The summed E-state index contributed by atoms with van der Waals surface area (Å²) in [5.41, 5.74) is 4.62. The standard InChI is InChI=1S/C8H12F3N3O/c1-5-7(6(2)14-13-5)3-12-15-4-8(9,10)11/h12H,3-4H2,1-2H3,(H,13,14). The van der Waals surface area contributed by atoms with Gasteiger partial charge in [0, 0.05) is 17.8 Å². The number of aromatic amines is 1. The van der Waals surface area contributed by atoms with E-state index in [-0.39, 0.29) is 6.54 Å². The monoisotopic (exact) mass is 223 g/mol. The number of aromatic nitrogens is 2. The molecule has 15 heavy (non-hydrogen) atoms. The number of halogens is 3. The van der Waals surface area contributed by atoms with Crippen molar-refractivity contribution in [2.75, 3.05) is 6.61 Å². The van der Waals surface area contributed by atoms with Crippen LogP contribution in [0.4, 0.5) is 13.2 Å². The molecule has 0 saturated carbocycles. The second kappa shape index (κ2) is 4.63. The highest BCUT2D eigenvalue weighted by atomic mass is 19.4. The van der Waals surface area contributed by atoms with E-state index < -0.39 is 12.8 Å². The van der Waals surface area contributed by atoms with Crippen LogP contribution in [0.15, 0.2) is 0 Å². The molecule has 0 radical (unpaired) electrons. The summed E-state index contributed by atoms with van der Waals surface area (Å²) in [5, 5.41) is 6.63. The molecule has 1 heterocycles. The molecule has 4 nitrogen and oxygen atoms in total. The molecule has 0 aliphatic heterocycles. The summed E-state index contributed by atoms with van der Waals surface area (Å²) in [6.45, 7) is 2.46. The van der Waals surface area contributed by atoms with E-state index in [1.165, 1.54) is 0 Å². The predicted octanol–water partition coefficient (Wildman–Crippen LogP) is 1.61. The van der Waals surface area contributed by atoms with Crippen molar-refractivity contribution in [1.29, 1.82) is 0 Å². The van der Waals surface area contributed by atoms with Gasteiger partial charge in [-0.25, -0.2) is 0 Å². The smallest absolute Gasteiger partial charge is 0.292 e. The minimum atomic E-state index is -4.31. The lowest BCUT2D eigenvalue weighted by atomic mass is 10.2. The first kappa shape index (κ1) is 12.0. The van der Waals surface area contributed by atoms with Crippen molar-refractivity contribution in [1.82, 2.24) is 15.7 Å². The Morgan fingerprint density at radius 2 is 2.07 bits per heavy atom. The number of hydrogen-bond donors (Lipinski definition) is 2. The molecule has 0 bridgehead atoms. The first-order valence-corrected chi connectivity index (χ1v) is 4.32. The maximum atomic E-state index is 11.7. The Hall–Kier alpha value is -1.08. The second-order valence-corrected chi connectivity index (χ2v) is 3.14. The maximum absolute atomic E-state index is 11.7. The zero-order chi connectivity index (χ0) is 11.5. The van der Waals surface area contributed by atoms with E-state index in [0.29, 0.717) is 0 Å². The molecule has 1 aromatic rings. The molecule has 0 spiro atoms. The molecule has 0 aromatic carbocycles. The van der Waals surface area contributed by atoms with Gasteiger partial charge in [0.1, 0.15) is 0 Å². The third kappa shape index (κ3) is 3.88. The molecule has 1 rings (SSSR count). The van der Waals surface area contributed by atoms with Crippen LogP contribution in [0.2, 0.25) is 0 Å². The summed E-state index contributed by atoms with van der Waals surface area (Å²) >= 11 is 0. The SMILES string of the molecule is Cc1n[nH]c(C)c1CNOCC(F)(F)F. The molecule has 0 atom stereocenters. The van der Waals surface area contributed by atoms with Gasteiger partial charge in [-0.05, 0) is 13.8 Å². The van der Waals surface area contributed by atoms with E-state index in [1.54, 1.807) is 13.8 Å². The Labute approximate surface area is 84.8 Å². The van der Waals surface area contributed by atoms with E-state index in [0.717, 1.165) is 17.0 Å². The van der Waals surface area contributed by atoms with Crippen molar-refractivity contribution in [3.05, 3.63) is 17.0 Å². The van der Waals surface area contributed by atoms with Gasteiger partial charge < -0.3 is 0 Å². The molecular formula is C8H12F3N3O. The van der Waals surface area contributed by atoms with E-state index in [4.69, 9.17) is 0 Å². The zero-order valence-electron chi connectivity index (χ0n) is 8.40. The van der Waals surface area contributed by atoms with Gasteiger partial charge in [0.2, 0.25) is 0 Å². The van der Waals surface area contributed by atoms with Gasteiger partial charge in [-0.2, -0.15) is 23.8 Å². The molecule has 0 saturated heterocycles. The van der Waals surface area contributed by atoms with Crippen LogP contribution >= 0.6 is 0 Å². The van der Waals surface area contributed by atoms with Crippen molar-refractivity contribution in [3.8, 4) is 0 Å². The van der Waals surface area contributed by atoms with Crippen LogP contribution in [0.5, 0.6) is 0 Å². The van der Waals surface area contributed by atoms with Crippen LogP contribution < -0.4 is 5.48 Å². The third-order valence-corrected chi connectivity index (χ3v) is 1.87. The van der Waals surface area contributed by atoms with Gasteiger partial charge in [0.15, 0.2) is 6.61 Å². The van der Waals surface area contributed by atoms with Crippen LogP contribution in [0.1, 0.15) is 17.0 Å². The van der Waals surface area contributed by atoms with E-state index in [2.05, 4.69) is 20.5 Å². The van der Waals surface area contributed by atoms with Gasteiger partial charge in [-0.15, -0.1) is 0 Å². The lowest BCUT2D eigenvalue weighted by molar-refractivity contribution is -0.190. The van der Waals surface area contributed by atoms with Crippen molar-refractivity contribution in [2.24, 2.45) is 0 Å². The Morgan fingerprint density at radius 1 is 1.40 bits per heavy atom. The lowest BCUT2D eigenvalue weighted by Crippen LogP contribution is -2.24. The molecule has 2 N–H and O–H groups in total. The van der Waals surface area contributed by atoms with Gasteiger partial charge in [-0.1, -0.05) is 0 Å². The van der Waals surface area contributed by atoms with Crippen molar-refractivity contribution < 1.29 is 18.0 Å². The van der Waals surface area contributed by atoms with Crippen molar-refractivity contribution >= 4 is 0 Å². The largest absolute Gasteiger partial charge is 0.413 e. The molecule has 0 aliphatic rings. The highest BCUT2D eigenvalue weighted by molar-refractivity contribution is 5.22. The number of nitrogens with zero attached hydrogens (tertiary/aromatic N) is 1. The number of hydroxylamine groups is 1.